The van der Waals surface area contributed by atoms with E-state index in [-0.39, 0.29) is 0 Å². The second-order valence-corrected chi connectivity index (χ2v) is 5.30. The lowest BCUT2D eigenvalue weighted by molar-refractivity contribution is 1.28. The zero-order valence-electron chi connectivity index (χ0n) is 9.54. The van der Waals surface area contributed by atoms with Crippen LogP contribution in [0.15, 0.2) is 34.9 Å². The first-order valence-corrected chi connectivity index (χ1v) is 6.59. The quantitative estimate of drug-likeness (QED) is 0.723. The Morgan fingerprint density at radius 3 is 3.00 bits per heavy atom. The monoisotopic (exact) mass is 321 g/mol. The number of pyridine rings is 1. The van der Waals surface area contributed by atoms with Crippen LogP contribution >= 0.6 is 27.5 Å². The summed E-state index contributed by atoms with van der Waals surface area (Å²) in [6.45, 7) is 2.00. The van der Waals surface area contributed by atoms with Crippen molar-refractivity contribution in [1.82, 2.24) is 15.0 Å². The molecule has 0 unspecified atom stereocenters. The number of imidazole rings is 1. The van der Waals surface area contributed by atoms with Crippen molar-refractivity contribution in [1.29, 1.82) is 0 Å². The molecule has 2 aromatic heterocycles. The molecule has 0 aliphatic carbocycles. The Bertz CT molecular complexity index is 736. The molecule has 5 heteroatoms. The summed E-state index contributed by atoms with van der Waals surface area (Å²) in [5.41, 5.74) is 3.58. The normalized spacial score (nSPS) is 11.1. The highest BCUT2D eigenvalue weighted by atomic mass is 79.9. The lowest BCUT2D eigenvalue weighted by Gasteiger charge is -2.01. The molecule has 3 nitrogen and oxygen atoms in total. The third kappa shape index (κ3) is 1.91. The molecule has 0 amide bonds. The molecule has 0 radical (unpaired) electrons. The van der Waals surface area contributed by atoms with Crippen LogP contribution in [0.2, 0.25) is 5.02 Å². The summed E-state index contributed by atoms with van der Waals surface area (Å²) in [5, 5.41) is 0.647. The number of nitrogens with one attached hydrogen (secondary N) is 1. The number of hydrogen-bond donors (Lipinski definition) is 1. The predicted octanol–water partition coefficient (Wildman–Crippen LogP) is 4.35. The molecule has 0 atom stereocenters. The van der Waals surface area contributed by atoms with Gasteiger partial charge in [0.2, 0.25) is 0 Å². The van der Waals surface area contributed by atoms with Crippen molar-refractivity contribution in [2.75, 3.05) is 0 Å². The van der Waals surface area contributed by atoms with Crippen LogP contribution in [0, 0.1) is 6.92 Å². The summed E-state index contributed by atoms with van der Waals surface area (Å²) in [6, 6.07) is 7.77. The average molecular weight is 323 g/mol. The minimum absolute atomic E-state index is 0.647. The van der Waals surface area contributed by atoms with Crippen molar-refractivity contribution in [3.05, 3.63) is 45.5 Å². The van der Waals surface area contributed by atoms with Gasteiger partial charge in [0.15, 0.2) is 5.65 Å². The van der Waals surface area contributed by atoms with Gasteiger partial charge in [-0.1, -0.05) is 17.7 Å². The zero-order chi connectivity index (χ0) is 12.7. The van der Waals surface area contributed by atoms with Gasteiger partial charge < -0.3 is 4.98 Å². The minimum atomic E-state index is 0.647. The van der Waals surface area contributed by atoms with E-state index in [0.29, 0.717) is 10.7 Å². The maximum Gasteiger partial charge on any atom is 0.178 e. The predicted molar refractivity (Wildman–Crippen MR) is 76.8 cm³/mol. The van der Waals surface area contributed by atoms with E-state index in [1.165, 1.54) is 0 Å². The third-order valence-corrected chi connectivity index (χ3v) is 3.98. The van der Waals surface area contributed by atoms with E-state index >= 15 is 0 Å². The van der Waals surface area contributed by atoms with Crippen LogP contribution in [0.3, 0.4) is 0 Å². The number of rotatable bonds is 1. The summed E-state index contributed by atoms with van der Waals surface area (Å²) in [6.07, 6.45) is 1.80. The average Bonchev–Trinajstić information content (AvgIpc) is 2.75. The van der Waals surface area contributed by atoms with Gasteiger partial charge in [-0.15, -0.1) is 0 Å². The van der Waals surface area contributed by atoms with E-state index in [1.807, 2.05) is 31.2 Å². The Balaban J connectivity index is 2.22. The summed E-state index contributed by atoms with van der Waals surface area (Å²) in [7, 11) is 0. The number of aromatic nitrogens is 3. The van der Waals surface area contributed by atoms with Crippen LogP contribution in [0.4, 0.5) is 0 Å². The third-order valence-electron chi connectivity index (χ3n) is 2.68. The van der Waals surface area contributed by atoms with E-state index < -0.39 is 0 Å². The molecule has 18 heavy (non-hydrogen) atoms. The van der Waals surface area contributed by atoms with Crippen LogP contribution < -0.4 is 0 Å². The molecule has 1 N–H and O–H groups in total. The summed E-state index contributed by atoms with van der Waals surface area (Å²) in [5.74, 6) is 0.731. The van der Waals surface area contributed by atoms with E-state index in [2.05, 4.69) is 30.9 Å². The molecular formula is C13H9BrClN3. The minimum Gasteiger partial charge on any atom is -0.337 e. The molecule has 90 valence electrons. The van der Waals surface area contributed by atoms with E-state index in [1.54, 1.807) is 6.20 Å². The van der Waals surface area contributed by atoms with Crippen molar-refractivity contribution in [3.8, 4) is 11.4 Å². The van der Waals surface area contributed by atoms with Gasteiger partial charge in [0.05, 0.1) is 10.5 Å². The van der Waals surface area contributed by atoms with Crippen molar-refractivity contribution in [2.45, 2.75) is 6.92 Å². The number of aryl methyl sites for hydroxylation is 1. The van der Waals surface area contributed by atoms with E-state index in [0.717, 1.165) is 26.9 Å². The van der Waals surface area contributed by atoms with Gasteiger partial charge in [0.25, 0.3) is 0 Å². The summed E-state index contributed by atoms with van der Waals surface area (Å²) in [4.78, 5) is 12.0. The fourth-order valence-corrected chi connectivity index (χ4v) is 2.40. The Hall–Kier alpha value is -1.39. The standard InChI is InChI=1S/C13H9BrClN3/c1-7-5-10-13(16-6-7)18-12(17-10)8-3-2-4-9(14)11(8)15/h2-6H,1H3,(H,16,17,18). The molecule has 0 saturated carbocycles. The largest absolute Gasteiger partial charge is 0.337 e. The van der Waals surface area contributed by atoms with Crippen LogP contribution in [-0.2, 0) is 0 Å². The molecular weight excluding hydrogens is 314 g/mol. The number of fused-ring (bicyclic) bond motifs is 1. The van der Waals surface area contributed by atoms with Crippen molar-refractivity contribution in [2.24, 2.45) is 0 Å². The lowest BCUT2D eigenvalue weighted by Crippen LogP contribution is -1.82. The second-order valence-electron chi connectivity index (χ2n) is 4.07. The fourth-order valence-electron chi connectivity index (χ4n) is 1.82. The number of aromatic amines is 1. The number of hydrogen-bond acceptors (Lipinski definition) is 2. The molecule has 3 rings (SSSR count). The highest BCUT2D eigenvalue weighted by Gasteiger charge is 2.11. The van der Waals surface area contributed by atoms with E-state index in [9.17, 15) is 0 Å². The first-order chi connectivity index (χ1) is 8.65. The highest BCUT2D eigenvalue weighted by Crippen LogP contribution is 2.32. The van der Waals surface area contributed by atoms with Gasteiger partial charge in [-0.25, -0.2) is 9.97 Å². The van der Waals surface area contributed by atoms with Crippen LogP contribution in [0.1, 0.15) is 5.56 Å². The van der Waals surface area contributed by atoms with Gasteiger partial charge in [0, 0.05) is 16.2 Å². The molecule has 0 spiro atoms. The maximum absolute atomic E-state index is 6.26. The molecule has 1 aromatic carbocycles. The number of nitrogens with zero attached hydrogens (tertiary/aromatic N) is 2. The first kappa shape index (κ1) is 11.7. The second kappa shape index (κ2) is 4.37. The van der Waals surface area contributed by atoms with Crippen LogP contribution in [0.5, 0.6) is 0 Å². The Labute approximate surface area is 117 Å². The Morgan fingerprint density at radius 1 is 1.33 bits per heavy atom. The number of H-pyrrole nitrogens is 1. The Kier molecular flexibility index (Phi) is 2.84. The van der Waals surface area contributed by atoms with Crippen molar-refractivity contribution in [3.63, 3.8) is 0 Å². The van der Waals surface area contributed by atoms with Gasteiger partial charge in [-0.05, 0) is 46.6 Å². The molecule has 2 heterocycles. The molecule has 0 aliphatic rings. The Morgan fingerprint density at radius 2 is 2.17 bits per heavy atom. The van der Waals surface area contributed by atoms with Gasteiger partial charge in [-0.3, -0.25) is 0 Å². The topological polar surface area (TPSA) is 41.6 Å². The highest BCUT2D eigenvalue weighted by molar-refractivity contribution is 9.10. The van der Waals surface area contributed by atoms with Gasteiger partial charge in [-0.2, -0.15) is 0 Å². The number of halogens is 2. The summed E-state index contributed by atoms with van der Waals surface area (Å²) >= 11 is 9.67. The van der Waals surface area contributed by atoms with E-state index in [4.69, 9.17) is 11.6 Å². The number of benzene rings is 1. The van der Waals surface area contributed by atoms with Crippen molar-refractivity contribution >= 4 is 38.7 Å². The zero-order valence-corrected chi connectivity index (χ0v) is 11.9. The molecule has 0 aliphatic heterocycles. The molecule has 0 bridgehead atoms. The lowest BCUT2D eigenvalue weighted by atomic mass is 10.2. The van der Waals surface area contributed by atoms with Gasteiger partial charge in [0.1, 0.15) is 5.82 Å². The van der Waals surface area contributed by atoms with Gasteiger partial charge >= 0.3 is 0 Å². The van der Waals surface area contributed by atoms with Crippen molar-refractivity contribution < 1.29 is 0 Å². The van der Waals surface area contributed by atoms with Crippen LogP contribution in [-0.4, -0.2) is 15.0 Å². The molecule has 0 fully saturated rings. The SMILES string of the molecule is Cc1cnc2nc(-c3cccc(Br)c3Cl)[nH]c2c1. The molecule has 0 saturated heterocycles. The maximum atomic E-state index is 6.26. The summed E-state index contributed by atoms with van der Waals surface area (Å²) < 4.78 is 0.853. The molecule has 3 aromatic rings. The fraction of sp³-hybridized carbons (Fsp3) is 0.0769. The smallest absolute Gasteiger partial charge is 0.178 e. The first-order valence-electron chi connectivity index (χ1n) is 5.42. The van der Waals surface area contributed by atoms with Crippen LogP contribution in [0.25, 0.3) is 22.6 Å².